The van der Waals surface area contributed by atoms with E-state index in [0.29, 0.717) is 0 Å². The molecule has 2 aromatic rings. The van der Waals surface area contributed by atoms with Gasteiger partial charge in [-0.2, -0.15) is 0 Å². The van der Waals surface area contributed by atoms with Crippen LogP contribution in [0.15, 0.2) is 42.5 Å². The predicted molar refractivity (Wildman–Crippen MR) is 81.2 cm³/mol. The molecule has 2 aliphatic carbocycles. The molecule has 0 amide bonds. The molecular formula is C19H22. The van der Waals surface area contributed by atoms with E-state index in [2.05, 4.69) is 56.3 Å². The third-order valence-electron chi connectivity index (χ3n) is 6.10. The highest BCUT2D eigenvalue weighted by molar-refractivity contribution is 5.83. The van der Waals surface area contributed by atoms with Gasteiger partial charge in [-0.25, -0.2) is 0 Å². The van der Waals surface area contributed by atoms with Crippen molar-refractivity contribution in [2.75, 3.05) is 0 Å². The highest BCUT2D eigenvalue weighted by Crippen LogP contribution is 2.58. The van der Waals surface area contributed by atoms with Crippen molar-refractivity contribution in [3.05, 3.63) is 48.0 Å². The van der Waals surface area contributed by atoms with Crippen LogP contribution in [0.2, 0.25) is 0 Å². The van der Waals surface area contributed by atoms with Gasteiger partial charge in [-0.05, 0) is 58.8 Å². The molecule has 2 unspecified atom stereocenters. The minimum atomic E-state index is 0.820. The van der Waals surface area contributed by atoms with Crippen LogP contribution in [0.3, 0.4) is 0 Å². The summed E-state index contributed by atoms with van der Waals surface area (Å²) in [5.74, 6) is 4.59. The summed E-state index contributed by atoms with van der Waals surface area (Å²) in [6.07, 6.45) is 2.90. The Morgan fingerprint density at radius 3 is 2.37 bits per heavy atom. The van der Waals surface area contributed by atoms with Crippen LogP contribution in [-0.2, 0) is 0 Å². The largest absolute Gasteiger partial charge is 0.0620 e. The van der Waals surface area contributed by atoms with Gasteiger partial charge in [0.15, 0.2) is 0 Å². The fourth-order valence-electron chi connectivity index (χ4n) is 4.76. The molecule has 98 valence electrons. The second kappa shape index (κ2) is 4.10. The first kappa shape index (κ1) is 11.5. The molecule has 2 bridgehead atoms. The first-order valence-corrected chi connectivity index (χ1v) is 7.73. The Hall–Kier alpha value is -1.30. The minimum Gasteiger partial charge on any atom is -0.0620 e. The average Bonchev–Trinajstić information content (AvgIpc) is 2.99. The zero-order valence-corrected chi connectivity index (χ0v) is 11.8. The van der Waals surface area contributed by atoms with Gasteiger partial charge in [0, 0.05) is 0 Å². The van der Waals surface area contributed by atoms with Gasteiger partial charge in [0.1, 0.15) is 0 Å². The second-order valence-electron chi connectivity index (χ2n) is 6.83. The van der Waals surface area contributed by atoms with E-state index in [1.807, 2.05) is 0 Å². The summed E-state index contributed by atoms with van der Waals surface area (Å²) < 4.78 is 0. The van der Waals surface area contributed by atoms with Crippen molar-refractivity contribution in [3.63, 3.8) is 0 Å². The molecule has 0 radical (unpaired) electrons. The smallest absolute Gasteiger partial charge is 0.0128 e. The van der Waals surface area contributed by atoms with Gasteiger partial charge >= 0.3 is 0 Å². The number of benzene rings is 2. The second-order valence-corrected chi connectivity index (χ2v) is 6.83. The molecule has 4 rings (SSSR count). The minimum absolute atomic E-state index is 0.820. The molecule has 0 heteroatoms. The fraction of sp³-hybridized carbons (Fsp3) is 0.474. The zero-order valence-electron chi connectivity index (χ0n) is 11.8. The Kier molecular flexibility index (Phi) is 2.48. The highest BCUT2D eigenvalue weighted by Gasteiger charge is 2.48. The van der Waals surface area contributed by atoms with Gasteiger partial charge in [-0.15, -0.1) is 0 Å². The summed E-state index contributed by atoms with van der Waals surface area (Å²) in [6.45, 7) is 4.94. The summed E-state index contributed by atoms with van der Waals surface area (Å²) in [4.78, 5) is 0. The Bertz CT molecular complexity index is 610. The van der Waals surface area contributed by atoms with Crippen LogP contribution in [0.1, 0.15) is 38.2 Å². The van der Waals surface area contributed by atoms with E-state index in [1.54, 1.807) is 5.56 Å². The van der Waals surface area contributed by atoms with Crippen LogP contribution in [0.25, 0.3) is 10.8 Å². The third kappa shape index (κ3) is 1.65. The molecule has 0 spiro atoms. The molecule has 2 aromatic carbocycles. The molecule has 19 heavy (non-hydrogen) atoms. The highest BCUT2D eigenvalue weighted by atomic mass is 14.5. The van der Waals surface area contributed by atoms with Crippen molar-refractivity contribution >= 4 is 10.8 Å². The van der Waals surface area contributed by atoms with Gasteiger partial charge in [-0.1, -0.05) is 56.3 Å². The van der Waals surface area contributed by atoms with Crippen molar-refractivity contribution in [3.8, 4) is 0 Å². The maximum absolute atomic E-state index is 2.47. The Morgan fingerprint density at radius 1 is 0.842 bits per heavy atom. The van der Waals surface area contributed by atoms with Gasteiger partial charge in [0.2, 0.25) is 0 Å². The van der Waals surface area contributed by atoms with Gasteiger partial charge in [0.25, 0.3) is 0 Å². The van der Waals surface area contributed by atoms with E-state index in [1.165, 1.54) is 23.6 Å². The van der Waals surface area contributed by atoms with Crippen molar-refractivity contribution in [2.45, 2.75) is 32.6 Å². The Morgan fingerprint density at radius 2 is 1.63 bits per heavy atom. The quantitative estimate of drug-likeness (QED) is 0.649. The summed E-state index contributed by atoms with van der Waals surface area (Å²) in [5, 5.41) is 2.78. The normalized spacial score (nSPS) is 37.1. The van der Waals surface area contributed by atoms with Gasteiger partial charge < -0.3 is 0 Å². The molecular weight excluding hydrogens is 228 g/mol. The maximum Gasteiger partial charge on any atom is -0.0128 e. The standard InChI is InChI=1S/C19H22/c1-12-13(2)18-10-17(12)11-19(18)16-8-7-14-5-3-4-6-15(14)9-16/h3-9,12-13,17-19H,10-11H2,1-2H3/t12?,13?,17-,18-,19-/m0/s1. The van der Waals surface area contributed by atoms with E-state index in [9.17, 15) is 0 Å². The van der Waals surface area contributed by atoms with Crippen LogP contribution in [0.4, 0.5) is 0 Å². The summed E-state index contributed by atoms with van der Waals surface area (Å²) in [7, 11) is 0. The van der Waals surface area contributed by atoms with Crippen molar-refractivity contribution < 1.29 is 0 Å². The molecule has 2 saturated carbocycles. The summed E-state index contributed by atoms with van der Waals surface area (Å²) >= 11 is 0. The Labute approximate surface area is 115 Å². The van der Waals surface area contributed by atoms with E-state index < -0.39 is 0 Å². The zero-order chi connectivity index (χ0) is 13.0. The van der Waals surface area contributed by atoms with Gasteiger partial charge in [-0.3, -0.25) is 0 Å². The predicted octanol–water partition coefficient (Wildman–Crippen LogP) is 5.24. The Balaban J connectivity index is 1.72. The molecule has 2 fully saturated rings. The molecule has 0 nitrogen and oxygen atoms in total. The van der Waals surface area contributed by atoms with Crippen molar-refractivity contribution in [2.24, 2.45) is 23.7 Å². The van der Waals surface area contributed by atoms with E-state index in [-0.39, 0.29) is 0 Å². The summed E-state index contributed by atoms with van der Waals surface area (Å²) in [5.41, 5.74) is 1.59. The molecule has 0 N–H and O–H groups in total. The molecule has 0 aliphatic heterocycles. The van der Waals surface area contributed by atoms with Crippen LogP contribution >= 0.6 is 0 Å². The SMILES string of the molecule is CC1C(C)[C@@H]2C[C@H]1C[C@H]2c1ccc2ccccc2c1. The maximum atomic E-state index is 2.47. The number of hydrogen-bond donors (Lipinski definition) is 0. The first-order valence-electron chi connectivity index (χ1n) is 7.73. The lowest BCUT2D eigenvalue weighted by Gasteiger charge is -2.32. The molecule has 2 aliphatic rings. The van der Waals surface area contributed by atoms with E-state index in [4.69, 9.17) is 0 Å². The topological polar surface area (TPSA) is 0 Å². The molecule has 0 heterocycles. The van der Waals surface area contributed by atoms with E-state index >= 15 is 0 Å². The first-order chi connectivity index (χ1) is 9.24. The molecule has 0 saturated heterocycles. The lowest BCUT2D eigenvalue weighted by atomic mass is 9.73. The van der Waals surface area contributed by atoms with Crippen molar-refractivity contribution in [1.82, 2.24) is 0 Å². The third-order valence-corrected chi connectivity index (χ3v) is 6.10. The lowest BCUT2D eigenvalue weighted by molar-refractivity contribution is 0.232. The van der Waals surface area contributed by atoms with Gasteiger partial charge in [0.05, 0.1) is 0 Å². The fourth-order valence-corrected chi connectivity index (χ4v) is 4.76. The average molecular weight is 250 g/mol. The lowest BCUT2D eigenvalue weighted by Crippen LogP contribution is -2.23. The molecule has 5 atom stereocenters. The van der Waals surface area contributed by atoms with E-state index in [0.717, 1.165) is 29.6 Å². The summed E-state index contributed by atoms with van der Waals surface area (Å²) in [6, 6.07) is 15.9. The van der Waals surface area contributed by atoms with Crippen LogP contribution in [0.5, 0.6) is 0 Å². The number of hydrogen-bond acceptors (Lipinski definition) is 0. The van der Waals surface area contributed by atoms with Crippen LogP contribution < -0.4 is 0 Å². The van der Waals surface area contributed by atoms with Crippen LogP contribution in [0, 0.1) is 23.7 Å². The number of fused-ring (bicyclic) bond motifs is 3. The van der Waals surface area contributed by atoms with Crippen molar-refractivity contribution in [1.29, 1.82) is 0 Å². The number of rotatable bonds is 1. The monoisotopic (exact) mass is 250 g/mol. The molecule has 0 aromatic heterocycles. The van der Waals surface area contributed by atoms with Crippen LogP contribution in [-0.4, -0.2) is 0 Å².